The fraction of sp³-hybridized carbons (Fsp3) is 0.207. The molecule has 2 aromatic heterocycles. The van der Waals surface area contributed by atoms with Gasteiger partial charge in [-0.15, -0.1) is 5.10 Å². The van der Waals surface area contributed by atoms with Crippen LogP contribution in [-0.4, -0.2) is 32.8 Å². The molecule has 0 bridgehead atoms. The molecule has 1 fully saturated rings. The zero-order valence-electron chi connectivity index (χ0n) is 20.5. The van der Waals surface area contributed by atoms with Gasteiger partial charge >= 0.3 is 0 Å². The molecule has 6 rings (SSSR count). The lowest BCUT2D eigenvalue weighted by Crippen LogP contribution is -2.35. The van der Waals surface area contributed by atoms with E-state index in [1.807, 2.05) is 11.0 Å². The van der Waals surface area contributed by atoms with Crippen LogP contribution in [0.4, 0.5) is 24.9 Å². The zero-order chi connectivity index (χ0) is 26.2. The third-order valence-electron chi connectivity index (χ3n) is 7.08. The van der Waals surface area contributed by atoms with Gasteiger partial charge < -0.3 is 10.6 Å². The minimum atomic E-state index is -1.03. The summed E-state index contributed by atoms with van der Waals surface area (Å²) in [5, 5.41) is 4.80. The van der Waals surface area contributed by atoms with Gasteiger partial charge in [0.2, 0.25) is 5.95 Å². The van der Waals surface area contributed by atoms with Crippen LogP contribution in [0.2, 0.25) is 0 Å². The molecule has 1 aliphatic heterocycles. The van der Waals surface area contributed by atoms with Crippen molar-refractivity contribution in [2.75, 3.05) is 23.7 Å². The number of nitrogen functional groups attached to an aromatic ring is 1. The number of nitrogens with two attached hydrogens (primary N) is 1. The quantitative estimate of drug-likeness (QED) is 0.314. The largest absolute Gasteiger partial charge is 0.383 e. The van der Waals surface area contributed by atoms with Gasteiger partial charge in [0.05, 0.1) is 16.8 Å². The van der Waals surface area contributed by atoms with Gasteiger partial charge in [-0.05, 0) is 61.1 Å². The molecule has 192 valence electrons. The van der Waals surface area contributed by atoms with Crippen molar-refractivity contribution < 1.29 is 13.2 Å². The first-order valence-corrected chi connectivity index (χ1v) is 12.5. The van der Waals surface area contributed by atoms with E-state index < -0.39 is 17.5 Å². The molecule has 2 N–H and O–H groups in total. The van der Waals surface area contributed by atoms with Crippen molar-refractivity contribution in [1.82, 2.24) is 19.7 Å². The maximum atomic E-state index is 15.0. The summed E-state index contributed by atoms with van der Waals surface area (Å²) in [7, 11) is 0. The van der Waals surface area contributed by atoms with Gasteiger partial charge in [0, 0.05) is 18.7 Å². The first-order valence-electron chi connectivity index (χ1n) is 12.5. The number of rotatable bonds is 5. The Labute approximate surface area is 217 Å². The number of nitrogens with zero attached hydrogens (tertiary/aromatic N) is 5. The van der Waals surface area contributed by atoms with Crippen LogP contribution in [0.15, 0.2) is 72.8 Å². The predicted molar refractivity (Wildman–Crippen MR) is 141 cm³/mol. The molecule has 0 radical (unpaired) electrons. The summed E-state index contributed by atoms with van der Waals surface area (Å²) < 4.78 is 44.5. The maximum Gasteiger partial charge on any atom is 0.228 e. The average Bonchev–Trinajstić information content (AvgIpc) is 3.27. The summed E-state index contributed by atoms with van der Waals surface area (Å²) in [5.41, 5.74) is 8.46. The highest BCUT2D eigenvalue weighted by Crippen LogP contribution is 2.36. The summed E-state index contributed by atoms with van der Waals surface area (Å²) in [6.07, 6.45) is 2.89. The van der Waals surface area contributed by atoms with E-state index in [-0.39, 0.29) is 28.1 Å². The minimum absolute atomic E-state index is 0.0388. The molecule has 3 aromatic carbocycles. The van der Waals surface area contributed by atoms with Crippen molar-refractivity contribution in [2.24, 2.45) is 5.92 Å². The molecule has 6 nitrogen and oxygen atoms in total. The SMILES string of the molecule is Nc1c2c(-c3cccc(F)c3F)nc(N3CCC(Cc4ccccc4)CC3)nc2nn1-c1cccc(F)c1. The van der Waals surface area contributed by atoms with E-state index >= 15 is 0 Å². The Bertz CT molecular complexity index is 1610. The fourth-order valence-corrected chi connectivity index (χ4v) is 5.11. The highest BCUT2D eigenvalue weighted by atomic mass is 19.2. The number of aromatic nitrogens is 4. The number of hydrogen-bond donors (Lipinski definition) is 1. The lowest BCUT2D eigenvalue weighted by atomic mass is 9.90. The average molecular weight is 515 g/mol. The molecule has 1 saturated heterocycles. The van der Waals surface area contributed by atoms with Crippen molar-refractivity contribution in [2.45, 2.75) is 19.3 Å². The highest BCUT2D eigenvalue weighted by Gasteiger charge is 2.26. The molecule has 0 atom stereocenters. The molecule has 9 heteroatoms. The van der Waals surface area contributed by atoms with Crippen molar-refractivity contribution in [1.29, 1.82) is 0 Å². The Balaban J connectivity index is 1.40. The molecule has 5 aromatic rings. The molecular weight excluding hydrogens is 489 g/mol. The van der Waals surface area contributed by atoms with Crippen molar-refractivity contribution >= 4 is 22.8 Å². The molecular formula is C29H25F3N6. The molecule has 0 unspecified atom stereocenters. The van der Waals surface area contributed by atoms with E-state index in [0.717, 1.165) is 25.3 Å². The van der Waals surface area contributed by atoms with Crippen molar-refractivity contribution in [3.05, 3.63) is 95.8 Å². The highest BCUT2D eigenvalue weighted by molar-refractivity contribution is 5.99. The molecule has 0 amide bonds. The third-order valence-corrected chi connectivity index (χ3v) is 7.08. The van der Waals surface area contributed by atoms with E-state index in [0.29, 0.717) is 30.6 Å². The van der Waals surface area contributed by atoms with Gasteiger partial charge in [-0.25, -0.2) is 22.8 Å². The number of benzene rings is 3. The maximum absolute atomic E-state index is 15.0. The second-order valence-corrected chi connectivity index (χ2v) is 9.57. The second-order valence-electron chi connectivity index (χ2n) is 9.57. The fourth-order valence-electron chi connectivity index (χ4n) is 5.11. The summed E-state index contributed by atoms with van der Waals surface area (Å²) in [6, 6.07) is 20.1. The zero-order valence-corrected chi connectivity index (χ0v) is 20.5. The molecule has 1 aliphatic rings. The predicted octanol–water partition coefficient (Wildman–Crippen LogP) is 5.94. The lowest BCUT2D eigenvalue weighted by Gasteiger charge is -2.32. The molecule has 38 heavy (non-hydrogen) atoms. The van der Waals surface area contributed by atoms with Crippen LogP contribution >= 0.6 is 0 Å². The van der Waals surface area contributed by atoms with Crippen LogP contribution in [0.1, 0.15) is 18.4 Å². The number of fused-ring (bicyclic) bond motifs is 1. The molecule has 0 saturated carbocycles. The van der Waals surface area contributed by atoms with E-state index in [4.69, 9.17) is 10.7 Å². The first kappa shape index (κ1) is 24.0. The van der Waals surface area contributed by atoms with Gasteiger partial charge in [0.25, 0.3) is 0 Å². The topological polar surface area (TPSA) is 72.9 Å². The molecule has 0 aliphatic carbocycles. The number of hydrogen-bond acceptors (Lipinski definition) is 5. The summed E-state index contributed by atoms with van der Waals surface area (Å²) >= 11 is 0. The van der Waals surface area contributed by atoms with E-state index in [1.165, 1.54) is 34.5 Å². The molecule has 3 heterocycles. The summed E-state index contributed by atoms with van der Waals surface area (Å²) in [4.78, 5) is 11.4. The summed E-state index contributed by atoms with van der Waals surface area (Å²) in [5.74, 6) is -1.47. The number of piperidine rings is 1. The van der Waals surface area contributed by atoms with E-state index in [2.05, 4.69) is 34.3 Å². The van der Waals surface area contributed by atoms with Crippen LogP contribution < -0.4 is 10.6 Å². The standard InChI is InChI=1S/C29H25F3N6/c30-20-8-4-9-21(17-20)38-27(33)24-26(22-10-5-11-23(31)25(22)32)34-29(35-28(24)36-38)37-14-12-19(13-15-37)16-18-6-2-1-3-7-18/h1-11,17,19H,12-16,33H2. The van der Waals surface area contributed by atoms with Gasteiger partial charge in [0.1, 0.15) is 11.6 Å². The lowest BCUT2D eigenvalue weighted by molar-refractivity contribution is 0.401. The van der Waals surface area contributed by atoms with Gasteiger partial charge in [0.15, 0.2) is 17.3 Å². The second kappa shape index (κ2) is 9.81. The minimum Gasteiger partial charge on any atom is -0.383 e. The van der Waals surface area contributed by atoms with Gasteiger partial charge in [-0.2, -0.15) is 4.98 Å². The number of anilines is 2. The van der Waals surface area contributed by atoms with Crippen molar-refractivity contribution in [3.63, 3.8) is 0 Å². The third kappa shape index (κ3) is 4.44. The van der Waals surface area contributed by atoms with Crippen LogP contribution in [-0.2, 0) is 6.42 Å². The molecule has 0 spiro atoms. The normalized spacial score (nSPS) is 14.3. The van der Waals surface area contributed by atoms with Crippen molar-refractivity contribution in [3.8, 4) is 16.9 Å². The Kier molecular flexibility index (Phi) is 6.19. The Morgan fingerprint density at radius 2 is 1.63 bits per heavy atom. The number of halogens is 3. The first-order chi connectivity index (χ1) is 18.5. The van der Waals surface area contributed by atoms with E-state index in [1.54, 1.807) is 12.1 Å². The van der Waals surface area contributed by atoms with Crippen LogP contribution in [0.25, 0.3) is 28.0 Å². The Morgan fingerprint density at radius 1 is 0.868 bits per heavy atom. The summed E-state index contributed by atoms with van der Waals surface area (Å²) in [6.45, 7) is 1.43. The van der Waals surface area contributed by atoms with Crippen LogP contribution in [0.3, 0.4) is 0 Å². The van der Waals surface area contributed by atoms with Crippen LogP contribution in [0.5, 0.6) is 0 Å². The Hall–Kier alpha value is -4.40. The van der Waals surface area contributed by atoms with Gasteiger partial charge in [-0.1, -0.05) is 42.5 Å². The Morgan fingerprint density at radius 3 is 2.39 bits per heavy atom. The van der Waals surface area contributed by atoms with Gasteiger partial charge in [-0.3, -0.25) is 0 Å². The van der Waals surface area contributed by atoms with Crippen LogP contribution in [0, 0.1) is 23.4 Å². The monoisotopic (exact) mass is 514 g/mol. The van der Waals surface area contributed by atoms with E-state index in [9.17, 15) is 13.2 Å². The smallest absolute Gasteiger partial charge is 0.228 e.